The number of hydrogen-bond donors (Lipinski definition) is 1. The lowest BCUT2D eigenvalue weighted by Crippen LogP contribution is -2.48. The first kappa shape index (κ1) is 21.2. The van der Waals surface area contributed by atoms with Gasteiger partial charge in [0.15, 0.2) is 0 Å². The average Bonchev–Trinajstić information content (AvgIpc) is 2.70. The van der Waals surface area contributed by atoms with Crippen molar-refractivity contribution < 1.29 is 14.3 Å². The number of aryl methyl sites for hydroxylation is 1. The lowest BCUT2D eigenvalue weighted by atomic mass is 9.80. The van der Waals surface area contributed by atoms with Crippen LogP contribution >= 0.6 is 0 Å². The van der Waals surface area contributed by atoms with Crippen molar-refractivity contribution >= 4 is 5.97 Å². The van der Waals surface area contributed by atoms with Gasteiger partial charge in [-0.3, -0.25) is 4.79 Å². The first-order chi connectivity index (χ1) is 13.5. The fourth-order valence-electron chi connectivity index (χ4n) is 4.94. The number of unbranched alkanes of at least 4 members (excludes halogenated alkanes) is 1. The lowest BCUT2D eigenvalue weighted by molar-refractivity contribution is -0.144. The van der Waals surface area contributed by atoms with E-state index in [0.29, 0.717) is 30.5 Å². The molecule has 0 radical (unpaired) electrons. The second-order valence-electron chi connectivity index (χ2n) is 8.90. The normalized spacial score (nSPS) is 28.1. The molecule has 0 aliphatic carbocycles. The van der Waals surface area contributed by atoms with Crippen LogP contribution in [-0.4, -0.2) is 31.3 Å². The third-order valence-electron chi connectivity index (χ3n) is 6.45. The molecule has 2 aliphatic heterocycles. The Morgan fingerprint density at radius 2 is 2.18 bits per heavy atom. The Morgan fingerprint density at radius 3 is 2.93 bits per heavy atom. The van der Waals surface area contributed by atoms with Crippen LogP contribution in [0.25, 0.3) is 0 Å². The number of carbonyl (C=O) groups excluding carboxylic acids is 1. The number of nitrogens with one attached hydrogen (secondary N) is 1. The topological polar surface area (TPSA) is 47.6 Å². The summed E-state index contributed by atoms with van der Waals surface area (Å²) in [6, 6.07) is 7.67. The van der Waals surface area contributed by atoms with Crippen molar-refractivity contribution in [2.24, 2.45) is 11.8 Å². The second-order valence-corrected chi connectivity index (χ2v) is 8.90. The van der Waals surface area contributed by atoms with Gasteiger partial charge in [-0.1, -0.05) is 38.8 Å². The van der Waals surface area contributed by atoms with E-state index >= 15 is 0 Å². The van der Waals surface area contributed by atoms with Crippen molar-refractivity contribution in [3.63, 3.8) is 0 Å². The van der Waals surface area contributed by atoms with E-state index in [2.05, 4.69) is 37.4 Å². The number of piperidine rings is 1. The Bertz CT molecular complexity index is 659. The molecule has 2 aliphatic rings. The summed E-state index contributed by atoms with van der Waals surface area (Å²) in [6.45, 7) is 6.50. The summed E-state index contributed by atoms with van der Waals surface area (Å²) in [5.74, 6) is 1.37. The Balaban J connectivity index is 1.65. The SMILES string of the molecule is CCCCC1CC(C2CCc3ccc(CC(C)C(=O)OC)cc3O2)CC(C)N1. The zero-order chi connectivity index (χ0) is 20.1. The quantitative estimate of drug-likeness (QED) is 0.690. The van der Waals surface area contributed by atoms with Gasteiger partial charge >= 0.3 is 5.97 Å². The van der Waals surface area contributed by atoms with Crippen LogP contribution in [0, 0.1) is 11.8 Å². The summed E-state index contributed by atoms with van der Waals surface area (Å²) < 4.78 is 11.4. The number of hydrogen-bond acceptors (Lipinski definition) is 4. The van der Waals surface area contributed by atoms with Crippen LogP contribution in [-0.2, 0) is 22.4 Å². The molecule has 1 fully saturated rings. The third-order valence-corrected chi connectivity index (χ3v) is 6.45. The molecule has 1 N–H and O–H groups in total. The highest BCUT2D eigenvalue weighted by Crippen LogP contribution is 2.36. The van der Waals surface area contributed by atoms with E-state index in [4.69, 9.17) is 9.47 Å². The molecule has 28 heavy (non-hydrogen) atoms. The molecule has 0 bridgehead atoms. The van der Waals surface area contributed by atoms with E-state index < -0.39 is 0 Å². The zero-order valence-corrected chi connectivity index (χ0v) is 18.0. The minimum absolute atomic E-state index is 0.132. The molecule has 1 saturated heterocycles. The maximum atomic E-state index is 11.7. The van der Waals surface area contributed by atoms with Gasteiger partial charge in [-0.25, -0.2) is 0 Å². The maximum Gasteiger partial charge on any atom is 0.308 e. The van der Waals surface area contributed by atoms with Gasteiger partial charge in [0, 0.05) is 12.1 Å². The molecular formula is C24H37NO3. The molecule has 1 aromatic rings. The molecule has 5 unspecified atom stereocenters. The number of ether oxygens (including phenoxy) is 2. The first-order valence-electron chi connectivity index (χ1n) is 11.1. The van der Waals surface area contributed by atoms with Crippen molar-refractivity contribution in [1.29, 1.82) is 0 Å². The molecule has 3 rings (SSSR count). The molecule has 1 aromatic carbocycles. The predicted molar refractivity (Wildman–Crippen MR) is 113 cm³/mol. The number of rotatable bonds is 7. The molecule has 156 valence electrons. The van der Waals surface area contributed by atoms with Crippen molar-refractivity contribution in [3.05, 3.63) is 29.3 Å². The fraction of sp³-hybridized carbons (Fsp3) is 0.708. The zero-order valence-electron chi connectivity index (χ0n) is 18.0. The van der Waals surface area contributed by atoms with E-state index in [1.807, 2.05) is 6.92 Å². The minimum Gasteiger partial charge on any atom is -0.490 e. The van der Waals surface area contributed by atoms with Gasteiger partial charge < -0.3 is 14.8 Å². The van der Waals surface area contributed by atoms with E-state index in [-0.39, 0.29) is 11.9 Å². The fourth-order valence-corrected chi connectivity index (χ4v) is 4.94. The Labute approximate surface area is 170 Å². The van der Waals surface area contributed by atoms with E-state index in [0.717, 1.165) is 24.2 Å². The summed E-state index contributed by atoms with van der Waals surface area (Å²) >= 11 is 0. The summed E-state index contributed by atoms with van der Waals surface area (Å²) in [5.41, 5.74) is 2.45. The summed E-state index contributed by atoms with van der Waals surface area (Å²) in [4.78, 5) is 11.7. The van der Waals surface area contributed by atoms with Crippen LogP contribution in [0.1, 0.15) is 70.4 Å². The standard InChI is InChI=1S/C24H37NO3/c1-5-6-7-21-15-20(13-17(3)25-21)22-11-10-19-9-8-18(14-23(19)28-22)12-16(2)24(26)27-4/h8-9,14,16-17,20-22,25H,5-7,10-13,15H2,1-4H3. The summed E-state index contributed by atoms with van der Waals surface area (Å²) in [5, 5.41) is 3.79. The number of benzene rings is 1. The molecule has 0 amide bonds. The predicted octanol–water partition coefficient (Wildman–Crippen LogP) is 4.68. The Morgan fingerprint density at radius 1 is 1.36 bits per heavy atom. The molecule has 2 heterocycles. The Hall–Kier alpha value is -1.55. The molecule has 0 aromatic heterocycles. The molecule has 0 spiro atoms. The highest BCUT2D eigenvalue weighted by atomic mass is 16.5. The van der Waals surface area contributed by atoms with Gasteiger partial charge in [0.05, 0.1) is 13.0 Å². The largest absolute Gasteiger partial charge is 0.490 e. The first-order valence-corrected chi connectivity index (χ1v) is 11.1. The summed E-state index contributed by atoms with van der Waals surface area (Å²) in [7, 11) is 1.45. The number of carbonyl (C=O) groups is 1. The second kappa shape index (κ2) is 9.78. The number of esters is 1. The lowest BCUT2D eigenvalue weighted by Gasteiger charge is -2.40. The van der Waals surface area contributed by atoms with Crippen LogP contribution in [0.3, 0.4) is 0 Å². The van der Waals surface area contributed by atoms with E-state index in [1.54, 1.807) is 0 Å². The minimum atomic E-state index is -0.154. The van der Waals surface area contributed by atoms with Gasteiger partial charge in [-0.05, 0) is 68.6 Å². The molecule has 4 heteroatoms. The van der Waals surface area contributed by atoms with Crippen molar-refractivity contribution in [2.45, 2.75) is 90.3 Å². The van der Waals surface area contributed by atoms with Crippen molar-refractivity contribution in [1.82, 2.24) is 5.32 Å². The van der Waals surface area contributed by atoms with Crippen molar-refractivity contribution in [2.75, 3.05) is 7.11 Å². The van der Waals surface area contributed by atoms with Gasteiger partial charge in [-0.2, -0.15) is 0 Å². The third kappa shape index (κ3) is 5.28. The van der Waals surface area contributed by atoms with Crippen LogP contribution in [0.4, 0.5) is 0 Å². The number of fused-ring (bicyclic) bond motifs is 1. The van der Waals surface area contributed by atoms with Gasteiger partial charge in [-0.15, -0.1) is 0 Å². The average molecular weight is 388 g/mol. The monoisotopic (exact) mass is 387 g/mol. The van der Waals surface area contributed by atoms with Crippen molar-refractivity contribution in [3.8, 4) is 5.75 Å². The highest BCUT2D eigenvalue weighted by Gasteiger charge is 2.34. The maximum absolute atomic E-state index is 11.7. The van der Waals surface area contributed by atoms with E-state index in [1.165, 1.54) is 44.8 Å². The van der Waals surface area contributed by atoms with Crippen LogP contribution in [0.5, 0.6) is 5.75 Å². The highest BCUT2D eigenvalue weighted by molar-refractivity contribution is 5.72. The molecule has 0 saturated carbocycles. The molecule has 5 atom stereocenters. The van der Waals surface area contributed by atoms with Crippen LogP contribution in [0.15, 0.2) is 18.2 Å². The Kier molecular flexibility index (Phi) is 7.39. The van der Waals surface area contributed by atoms with Gasteiger partial charge in [0.1, 0.15) is 11.9 Å². The van der Waals surface area contributed by atoms with Gasteiger partial charge in [0.25, 0.3) is 0 Å². The summed E-state index contributed by atoms with van der Waals surface area (Å²) in [6.07, 6.45) is 9.46. The molecular weight excluding hydrogens is 350 g/mol. The molecule has 4 nitrogen and oxygen atoms in total. The number of methoxy groups -OCH3 is 1. The van der Waals surface area contributed by atoms with Gasteiger partial charge in [0.2, 0.25) is 0 Å². The van der Waals surface area contributed by atoms with E-state index in [9.17, 15) is 4.79 Å². The van der Waals surface area contributed by atoms with Crippen LogP contribution < -0.4 is 10.1 Å². The smallest absolute Gasteiger partial charge is 0.308 e. The van der Waals surface area contributed by atoms with Crippen LogP contribution in [0.2, 0.25) is 0 Å².